The molecule has 1 atom stereocenters. The lowest BCUT2D eigenvalue weighted by Gasteiger charge is -2.29. The van der Waals surface area contributed by atoms with Crippen molar-refractivity contribution in [3.8, 4) is 5.69 Å². The first-order valence-electron chi connectivity index (χ1n) is 10.3. The molecule has 0 radical (unpaired) electrons. The van der Waals surface area contributed by atoms with Gasteiger partial charge in [-0.2, -0.15) is 5.10 Å². The van der Waals surface area contributed by atoms with Crippen molar-refractivity contribution in [2.24, 2.45) is 0 Å². The van der Waals surface area contributed by atoms with Gasteiger partial charge in [-0.25, -0.2) is 14.1 Å². The van der Waals surface area contributed by atoms with Gasteiger partial charge in [0, 0.05) is 29.6 Å². The molecule has 0 spiro atoms. The number of benzene rings is 1. The predicted octanol–water partition coefficient (Wildman–Crippen LogP) is 4.15. The highest BCUT2D eigenvalue weighted by Gasteiger charge is 2.30. The first-order valence-corrected chi connectivity index (χ1v) is 10.3. The number of carbonyl (C=O) groups is 1. The van der Waals surface area contributed by atoms with E-state index in [-0.39, 0.29) is 18.1 Å². The zero-order chi connectivity index (χ0) is 22.9. The Bertz CT molecular complexity index is 1260. The molecule has 0 saturated carbocycles. The molecule has 1 amide bonds. The second-order valence-electron chi connectivity index (χ2n) is 8.35. The van der Waals surface area contributed by atoms with E-state index in [9.17, 15) is 14.3 Å². The number of rotatable bonds is 6. The number of hydrogen-bond donors (Lipinski definition) is 2. The van der Waals surface area contributed by atoms with Crippen LogP contribution >= 0.6 is 0 Å². The van der Waals surface area contributed by atoms with Crippen molar-refractivity contribution in [1.82, 2.24) is 19.7 Å². The minimum absolute atomic E-state index is 0.0183. The Labute approximate surface area is 184 Å². The molecule has 164 valence electrons. The lowest BCUT2D eigenvalue weighted by Crippen LogP contribution is -2.32. The molecule has 0 aliphatic rings. The molecule has 0 fully saturated rings. The number of aliphatic hydroxyl groups is 1. The first kappa shape index (κ1) is 21.6. The highest BCUT2D eigenvalue weighted by molar-refractivity contribution is 5.92. The molecule has 0 aliphatic carbocycles. The number of nitrogens with one attached hydrogen (secondary N) is 1. The van der Waals surface area contributed by atoms with Gasteiger partial charge in [0.2, 0.25) is 5.91 Å². The highest BCUT2D eigenvalue weighted by Crippen LogP contribution is 2.32. The van der Waals surface area contributed by atoms with Crippen LogP contribution < -0.4 is 5.32 Å². The summed E-state index contributed by atoms with van der Waals surface area (Å²) in [6.45, 7) is 5.18. The Balaban J connectivity index is 1.53. The van der Waals surface area contributed by atoms with Crippen LogP contribution in [-0.4, -0.2) is 36.4 Å². The summed E-state index contributed by atoms with van der Waals surface area (Å²) in [5.74, 6) is -0.788. The van der Waals surface area contributed by atoms with Crippen LogP contribution in [0.5, 0.6) is 0 Å². The Morgan fingerprint density at radius 3 is 2.59 bits per heavy atom. The van der Waals surface area contributed by atoms with Crippen LogP contribution in [0, 0.1) is 12.7 Å². The van der Waals surface area contributed by atoms with Gasteiger partial charge >= 0.3 is 0 Å². The van der Waals surface area contributed by atoms with E-state index in [4.69, 9.17) is 0 Å². The van der Waals surface area contributed by atoms with Crippen molar-refractivity contribution < 1.29 is 14.3 Å². The van der Waals surface area contributed by atoms with Gasteiger partial charge in [0.05, 0.1) is 29.2 Å². The van der Waals surface area contributed by atoms with E-state index in [0.717, 1.165) is 22.3 Å². The minimum Gasteiger partial charge on any atom is -0.390 e. The van der Waals surface area contributed by atoms with Crippen molar-refractivity contribution in [2.75, 3.05) is 5.32 Å². The highest BCUT2D eigenvalue weighted by atomic mass is 19.1. The van der Waals surface area contributed by atoms with Crippen molar-refractivity contribution in [1.29, 1.82) is 0 Å². The summed E-state index contributed by atoms with van der Waals surface area (Å²) in [5.41, 5.74) is 2.07. The first-order chi connectivity index (χ1) is 15.2. The lowest BCUT2D eigenvalue weighted by molar-refractivity contribution is -0.118. The van der Waals surface area contributed by atoms with Gasteiger partial charge in [0.15, 0.2) is 0 Å². The number of fused-ring (bicyclic) bond motifs is 1. The molecule has 7 nitrogen and oxygen atoms in total. The monoisotopic (exact) mass is 433 g/mol. The Hall–Kier alpha value is -3.65. The van der Waals surface area contributed by atoms with E-state index >= 15 is 0 Å². The average molecular weight is 433 g/mol. The third kappa shape index (κ3) is 4.65. The predicted molar refractivity (Wildman–Crippen MR) is 120 cm³/mol. The normalized spacial score (nSPS) is 12.7. The molecule has 1 aromatic carbocycles. The fourth-order valence-corrected chi connectivity index (χ4v) is 3.71. The fraction of sp³-hybridized carbons (Fsp3) is 0.250. The van der Waals surface area contributed by atoms with Gasteiger partial charge in [0.25, 0.3) is 0 Å². The number of aromatic nitrogens is 4. The third-order valence-electron chi connectivity index (χ3n) is 5.36. The standard InChI is InChI=1S/C24H24FN5O2/c1-15-10-19(8-9-26-15)30-21-14-27-22(11-17(21)13-28-30)29-23(31)12-20(24(2,3)32)16-4-6-18(25)7-5-16/h4-11,13-14,20,32H,12H2,1-3H3,(H,27,29,31)/t20-/m0/s1. The second-order valence-corrected chi connectivity index (χ2v) is 8.35. The van der Waals surface area contributed by atoms with Crippen molar-refractivity contribution in [3.63, 3.8) is 0 Å². The molecule has 0 saturated heterocycles. The Kier molecular flexibility index (Phi) is 5.71. The SMILES string of the molecule is Cc1cc(-n2ncc3cc(NC(=O)C[C@@H](c4ccc(F)cc4)C(C)(C)O)ncc32)ccn1. The quantitative estimate of drug-likeness (QED) is 0.477. The van der Waals surface area contributed by atoms with Gasteiger partial charge in [-0.3, -0.25) is 9.78 Å². The van der Waals surface area contributed by atoms with Crippen LogP contribution in [0.2, 0.25) is 0 Å². The summed E-state index contributed by atoms with van der Waals surface area (Å²) in [7, 11) is 0. The molecule has 8 heteroatoms. The van der Waals surface area contributed by atoms with Crippen molar-refractivity contribution in [3.05, 3.63) is 78.1 Å². The minimum atomic E-state index is -1.17. The summed E-state index contributed by atoms with van der Waals surface area (Å²) in [6, 6.07) is 11.4. The topological polar surface area (TPSA) is 92.9 Å². The number of aryl methyl sites for hydroxylation is 1. The van der Waals surface area contributed by atoms with Crippen LogP contribution in [0.25, 0.3) is 16.6 Å². The number of carbonyl (C=O) groups excluding carboxylic acids is 1. The lowest BCUT2D eigenvalue weighted by atomic mass is 9.82. The number of hydrogen-bond acceptors (Lipinski definition) is 5. The van der Waals surface area contributed by atoms with E-state index in [1.54, 1.807) is 55.3 Å². The largest absolute Gasteiger partial charge is 0.390 e. The average Bonchev–Trinajstić information content (AvgIpc) is 3.15. The smallest absolute Gasteiger partial charge is 0.226 e. The summed E-state index contributed by atoms with van der Waals surface area (Å²) in [5, 5.41) is 18.6. The van der Waals surface area contributed by atoms with Gasteiger partial charge in [0.1, 0.15) is 11.6 Å². The van der Waals surface area contributed by atoms with Gasteiger partial charge < -0.3 is 10.4 Å². The molecular weight excluding hydrogens is 409 g/mol. The molecule has 0 unspecified atom stereocenters. The van der Waals surface area contributed by atoms with E-state index in [0.29, 0.717) is 11.4 Å². The van der Waals surface area contributed by atoms with Gasteiger partial charge in [-0.1, -0.05) is 12.1 Å². The Morgan fingerprint density at radius 2 is 1.91 bits per heavy atom. The zero-order valence-corrected chi connectivity index (χ0v) is 18.1. The maximum absolute atomic E-state index is 13.3. The zero-order valence-electron chi connectivity index (χ0n) is 18.1. The van der Waals surface area contributed by atoms with Crippen LogP contribution in [0.3, 0.4) is 0 Å². The molecular formula is C24H24FN5O2. The number of anilines is 1. The number of pyridine rings is 2. The summed E-state index contributed by atoms with van der Waals surface area (Å²) in [6.07, 6.45) is 5.10. The van der Waals surface area contributed by atoms with E-state index < -0.39 is 11.5 Å². The molecule has 32 heavy (non-hydrogen) atoms. The van der Waals surface area contributed by atoms with E-state index in [1.807, 2.05) is 19.1 Å². The maximum atomic E-state index is 13.3. The molecule has 4 aromatic rings. The number of amides is 1. The van der Waals surface area contributed by atoms with Crippen LogP contribution in [0.4, 0.5) is 10.2 Å². The fourth-order valence-electron chi connectivity index (χ4n) is 3.71. The van der Waals surface area contributed by atoms with E-state index in [1.165, 1.54) is 12.1 Å². The Morgan fingerprint density at radius 1 is 1.16 bits per heavy atom. The van der Waals surface area contributed by atoms with Crippen LogP contribution in [0.15, 0.2) is 61.1 Å². The second kappa shape index (κ2) is 8.47. The van der Waals surface area contributed by atoms with E-state index in [2.05, 4.69) is 20.4 Å². The summed E-state index contributed by atoms with van der Waals surface area (Å²) >= 11 is 0. The van der Waals surface area contributed by atoms with Crippen molar-refractivity contribution in [2.45, 2.75) is 38.7 Å². The van der Waals surface area contributed by atoms with Gasteiger partial charge in [-0.05, 0) is 56.7 Å². The molecule has 2 N–H and O–H groups in total. The number of halogens is 1. The van der Waals surface area contributed by atoms with Crippen LogP contribution in [-0.2, 0) is 4.79 Å². The molecule has 0 aliphatic heterocycles. The molecule has 3 heterocycles. The summed E-state index contributed by atoms with van der Waals surface area (Å²) < 4.78 is 15.1. The molecule has 0 bridgehead atoms. The number of nitrogens with zero attached hydrogens (tertiary/aromatic N) is 4. The molecule has 4 rings (SSSR count). The maximum Gasteiger partial charge on any atom is 0.226 e. The summed E-state index contributed by atoms with van der Waals surface area (Å²) in [4.78, 5) is 21.3. The molecule has 3 aromatic heterocycles. The van der Waals surface area contributed by atoms with Crippen LogP contribution in [0.1, 0.15) is 37.4 Å². The van der Waals surface area contributed by atoms with Gasteiger partial charge in [-0.15, -0.1) is 0 Å². The third-order valence-corrected chi connectivity index (χ3v) is 5.36. The van der Waals surface area contributed by atoms with Crippen molar-refractivity contribution >= 4 is 22.6 Å².